The number of carbonyl (C=O) groups is 2. The van der Waals surface area contributed by atoms with Crippen LogP contribution in [0.2, 0.25) is 0 Å². The second-order valence-corrected chi connectivity index (χ2v) is 4.93. The van der Waals surface area contributed by atoms with Crippen molar-refractivity contribution in [2.45, 2.75) is 19.9 Å². The Hall–Kier alpha value is -2.10. The lowest BCUT2D eigenvalue weighted by atomic mass is 10.1. The van der Waals surface area contributed by atoms with E-state index in [1.54, 1.807) is 0 Å². The van der Waals surface area contributed by atoms with Gasteiger partial charge in [0.15, 0.2) is 0 Å². The molecular weight excluding hydrogens is 240 g/mol. The molecule has 3 amide bonds. The van der Waals surface area contributed by atoms with Crippen molar-refractivity contribution in [1.82, 2.24) is 10.2 Å². The van der Waals surface area contributed by atoms with Crippen molar-refractivity contribution in [2.75, 3.05) is 6.54 Å². The van der Waals surface area contributed by atoms with E-state index in [0.717, 1.165) is 5.56 Å². The second-order valence-electron chi connectivity index (χ2n) is 4.93. The summed E-state index contributed by atoms with van der Waals surface area (Å²) in [6, 6.07) is 9.09. The van der Waals surface area contributed by atoms with Gasteiger partial charge in [-0.05, 0) is 11.5 Å². The summed E-state index contributed by atoms with van der Waals surface area (Å²) >= 11 is 0. The van der Waals surface area contributed by atoms with Crippen LogP contribution in [-0.2, 0) is 4.79 Å². The second kappa shape index (κ2) is 5.69. The molecule has 4 heteroatoms. The van der Waals surface area contributed by atoms with Gasteiger partial charge in [0, 0.05) is 6.54 Å². The number of rotatable bonds is 4. The van der Waals surface area contributed by atoms with Gasteiger partial charge in [-0.2, -0.15) is 0 Å². The van der Waals surface area contributed by atoms with E-state index in [1.165, 1.54) is 4.90 Å². The molecule has 0 spiro atoms. The lowest BCUT2D eigenvalue weighted by molar-refractivity contribution is -0.127. The zero-order chi connectivity index (χ0) is 13.8. The Morgan fingerprint density at radius 2 is 1.95 bits per heavy atom. The third-order valence-electron chi connectivity index (χ3n) is 3.12. The minimum atomic E-state index is -0.391. The van der Waals surface area contributed by atoms with Gasteiger partial charge >= 0.3 is 6.03 Å². The van der Waals surface area contributed by atoms with Crippen LogP contribution in [0.1, 0.15) is 19.4 Å². The predicted octanol–water partition coefficient (Wildman–Crippen LogP) is 2.28. The van der Waals surface area contributed by atoms with Gasteiger partial charge in [0.25, 0.3) is 5.91 Å². The van der Waals surface area contributed by atoms with Crippen LogP contribution in [0.4, 0.5) is 4.79 Å². The molecule has 0 bridgehead atoms. The highest BCUT2D eigenvalue weighted by Gasteiger charge is 2.38. The first-order valence-electron chi connectivity index (χ1n) is 6.43. The van der Waals surface area contributed by atoms with Gasteiger partial charge in [0.05, 0.1) is 0 Å². The average Bonchev–Trinajstić information content (AvgIpc) is 2.68. The molecule has 1 fully saturated rings. The zero-order valence-electron chi connectivity index (χ0n) is 11.2. The van der Waals surface area contributed by atoms with E-state index in [2.05, 4.69) is 5.32 Å². The molecule has 19 heavy (non-hydrogen) atoms. The Kier molecular flexibility index (Phi) is 4.00. The Morgan fingerprint density at radius 3 is 2.53 bits per heavy atom. The number of hydrogen-bond donors (Lipinski definition) is 1. The number of hydrogen-bond acceptors (Lipinski definition) is 2. The monoisotopic (exact) mass is 258 g/mol. The van der Waals surface area contributed by atoms with Crippen molar-refractivity contribution in [2.24, 2.45) is 5.92 Å². The van der Waals surface area contributed by atoms with Crippen molar-refractivity contribution in [3.05, 3.63) is 42.0 Å². The smallest absolute Gasteiger partial charge is 0.325 e. The van der Waals surface area contributed by atoms with Gasteiger partial charge in [-0.15, -0.1) is 0 Å². The van der Waals surface area contributed by atoms with Crippen LogP contribution in [0.25, 0.3) is 6.08 Å². The molecule has 0 radical (unpaired) electrons. The van der Waals surface area contributed by atoms with Gasteiger partial charge in [-0.3, -0.25) is 9.69 Å². The van der Waals surface area contributed by atoms with Crippen LogP contribution in [0, 0.1) is 5.92 Å². The maximum Gasteiger partial charge on any atom is 0.325 e. The van der Waals surface area contributed by atoms with Crippen LogP contribution in [0.15, 0.2) is 36.4 Å². The average molecular weight is 258 g/mol. The third kappa shape index (κ3) is 3.02. The van der Waals surface area contributed by atoms with Crippen molar-refractivity contribution < 1.29 is 9.59 Å². The maximum atomic E-state index is 12.0. The SMILES string of the molecule is CC(C)C1NC(=O)N(CC=Cc2ccccc2)C1=O. The van der Waals surface area contributed by atoms with Crippen molar-refractivity contribution >= 4 is 18.0 Å². The molecule has 0 aromatic heterocycles. The number of nitrogens with zero attached hydrogens (tertiary/aromatic N) is 1. The molecule has 1 aromatic carbocycles. The maximum absolute atomic E-state index is 12.0. The fraction of sp³-hybridized carbons (Fsp3) is 0.333. The highest BCUT2D eigenvalue weighted by Crippen LogP contribution is 2.13. The van der Waals surface area contributed by atoms with Crippen molar-refractivity contribution in [1.29, 1.82) is 0 Å². The van der Waals surface area contributed by atoms with E-state index < -0.39 is 6.04 Å². The number of amides is 3. The molecule has 0 saturated carbocycles. The molecule has 1 heterocycles. The van der Waals surface area contributed by atoms with E-state index in [-0.39, 0.29) is 17.9 Å². The first-order valence-corrected chi connectivity index (χ1v) is 6.43. The summed E-state index contributed by atoms with van der Waals surface area (Å²) in [6.45, 7) is 4.15. The summed E-state index contributed by atoms with van der Waals surface area (Å²) in [6.07, 6.45) is 3.73. The van der Waals surface area contributed by atoms with Crippen LogP contribution in [0.5, 0.6) is 0 Å². The fourth-order valence-corrected chi connectivity index (χ4v) is 2.02. The quantitative estimate of drug-likeness (QED) is 0.842. The summed E-state index contributed by atoms with van der Waals surface area (Å²) in [5, 5.41) is 2.71. The minimum absolute atomic E-state index is 0.111. The number of carbonyl (C=O) groups excluding carboxylic acids is 2. The largest absolute Gasteiger partial charge is 0.326 e. The van der Waals surface area contributed by atoms with Crippen molar-refractivity contribution in [3.8, 4) is 0 Å². The van der Waals surface area contributed by atoms with Crippen LogP contribution < -0.4 is 5.32 Å². The molecule has 0 aliphatic carbocycles. The molecule has 100 valence electrons. The van der Waals surface area contributed by atoms with E-state index in [4.69, 9.17) is 0 Å². The van der Waals surface area contributed by atoms with Gasteiger partial charge in [-0.25, -0.2) is 4.79 Å². The topological polar surface area (TPSA) is 49.4 Å². The Balaban J connectivity index is 1.98. The number of urea groups is 1. The molecule has 1 saturated heterocycles. The molecule has 1 aromatic rings. The van der Waals surface area contributed by atoms with Gasteiger partial charge in [-0.1, -0.05) is 56.3 Å². The van der Waals surface area contributed by atoms with E-state index >= 15 is 0 Å². The standard InChI is InChI=1S/C15H18N2O2/c1-11(2)13-14(18)17(15(19)16-13)10-6-9-12-7-4-3-5-8-12/h3-9,11,13H,10H2,1-2H3,(H,16,19). The molecule has 1 atom stereocenters. The highest BCUT2D eigenvalue weighted by molar-refractivity contribution is 6.04. The third-order valence-corrected chi connectivity index (χ3v) is 3.12. The van der Waals surface area contributed by atoms with Crippen LogP contribution >= 0.6 is 0 Å². The molecule has 1 aliphatic rings. The van der Waals surface area contributed by atoms with Crippen molar-refractivity contribution in [3.63, 3.8) is 0 Å². The minimum Gasteiger partial charge on any atom is -0.326 e. The van der Waals surface area contributed by atoms with E-state index in [0.29, 0.717) is 6.54 Å². The Labute approximate surface area is 113 Å². The highest BCUT2D eigenvalue weighted by atomic mass is 16.2. The van der Waals surface area contributed by atoms with Crippen LogP contribution in [0.3, 0.4) is 0 Å². The Morgan fingerprint density at radius 1 is 1.26 bits per heavy atom. The summed E-state index contributed by atoms with van der Waals surface area (Å²) in [7, 11) is 0. The number of benzene rings is 1. The summed E-state index contributed by atoms with van der Waals surface area (Å²) in [5.41, 5.74) is 1.05. The van der Waals surface area contributed by atoms with Gasteiger partial charge < -0.3 is 5.32 Å². The van der Waals surface area contributed by atoms with E-state index in [9.17, 15) is 9.59 Å². The summed E-state index contributed by atoms with van der Waals surface area (Å²) in [4.78, 5) is 25.0. The molecule has 1 N–H and O–H groups in total. The zero-order valence-corrected chi connectivity index (χ0v) is 11.2. The van der Waals surface area contributed by atoms with Crippen LogP contribution in [-0.4, -0.2) is 29.4 Å². The Bertz CT molecular complexity index is 494. The normalized spacial score (nSPS) is 19.5. The van der Waals surface area contributed by atoms with E-state index in [1.807, 2.05) is 56.3 Å². The lowest BCUT2D eigenvalue weighted by Crippen LogP contribution is -2.34. The molecule has 1 unspecified atom stereocenters. The summed E-state index contributed by atoms with van der Waals surface area (Å²) in [5.74, 6) is -0.0303. The predicted molar refractivity (Wildman–Crippen MR) is 74.3 cm³/mol. The molecule has 2 rings (SSSR count). The summed E-state index contributed by atoms with van der Waals surface area (Å²) < 4.78 is 0. The molecule has 1 aliphatic heterocycles. The first kappa shape index (κ1) is 13.3. The van der Waals surface area contributed by atoms with Gasteiger partial charge in [0.1, 0.15) is 6.04 Å². The number of nitrogens with one attached hydrogen (secondary N) is 1. The molecular formula is C15H18N2O2. The number of imide groups is 1. The fourth-order valence-electron chi connectivity index (χ4n) is 2.02. The lowest BCUT2D eigenvalue weighted by Gasteiger charge is -2.12. The molecule has 4 nitrogen and oxygen atoms in total. The first-order chi connectivity index (χ1) is 9.09. The van der Waals surface area contributed by atoms with Gasteiger partial charge in [0.2, 0.25) is 0 Å².